The summed E-state index contributed by atoms with van der Waals surface area (Å²) >= 11 is 0. The van der Waals surface area contributed by atoms with E-state index in [0.717, 1.165) is 0 Å². The van der Waals surface area contributed by atoms with Crippen LogP contribution in [0, 0.1) is 6.92 Å². The third-order valence-electron chi connectivity index (χ3n) is 3.52. The van der Waals surface area contributed by atoms with Crippen LogP contribution in [0.3, 0.4) is 0 Å². The number of methoxy groups -OCH3 is 2. The topological polar surface area (TPSA) is 97.9 Å². The van der Waals surface area contributed by atoms with Crippen molar-refractivity contribution < 1.29 is 28.9 Å². The highest BCUT2D eigenvalue weighted by Crippen LogP contribution is 2.32. The number of aliphatic hydroxyl groups excluding tert-OH is 1. The molecule has 0 bridgehead atoms. The van der Waals surface area contributed by atoms with Crippen molar-refractivity contribution in [2.45, 2.75) is 13.3 Å². The molecule has 0 atom stereocenters. The normalized spacial score (nSPS) is 10.6. The van der Waals surface area contributed by atoms with Crippen molar-refractivity contribution in [3.05, 3.63) is 29.0 Å². The summed E-state index contributed by atoms with van der Waals surface area (Å²) in [5.74, 6) is -0.589. The van der Waals surface area contributed by atoms with Crippen LogP contribution < -0.4 is 4.74 Å². The van der Waals surface area contributed by atoms with E-state index in [1.165, 1.54) is 14.2 Å². The van der Waals surface area contributed by atoms with Crippen molar-refractivity contribution >= 4 is 22.8 Å². The van der Waals surface area contributed by atoms with Gasteiger partial charge in [-0.2, -0.15) is 0 Å². The number of hydrogen-bond donors (Lipinski definition) is 2. The van der Waals surface area contributed by atoms with E-state index in [0.29, 0.717) is 34.2 Å². The first-order valence-electron chi connectivity index (χ1n) is 7.10. The van der Waals surface area contributed by atoms with Gasteiger partial charge < -0.3 is 24.3 Å². The minimum absolute atomic E-state index is 0.00298. The lowest BCUT2D eigenvalue weighted by atomic mass is 10.0. The summed E-state index contributed by atoms with van der Waals surface area (Å²) in [6, 6.07) is 3.18. The van der Waals surface area contributed by atoms with Crippen LogP contribution in [0.4, 0.5) is 0 Å². The Balaban J connectivity index is 2.59. The number of aromatic nitrogens is 1. The molecule has 2 N–H and O–H groups in total. The fourth-order valence-electron chi connectivity index (χ4n) is 2.30. The maximum atomic E-state index is 11.9. The van der Waals surface area contributed by atoms with Crippen molar-refractivity contribution in [2.75, 3.05) is 27.4 Å². The van der Waals surface area contributed by atoms with E-state index in [1.807, 2.05) is 0 Å². The average Bonchev–Trinajstić information content (AvgIpc) is 3.01. The van der Waals surface area contributed by atoms with Crippen LogP contribution in [0.1, 0.15) is 32.8 Å². The van der Waals surface area contributed by atoms with Gasteiger partial charge in [-0.25, -0.2) is 9.59 Å². The van der Waals surface area contributed by atoms with Gasteiger partial charge in [-0.1, -0.05) is 0 Å². The van der Waals surface area contributed by atoms with E-state index in [1.54, 1.807) is 19.1 Å². The second-order valence-electron chi connectivity index (χ2n) is 4.93. The molecule has 0 fully saturated rings. The molecule has 1 aromatic carbocycles. The SMILES string of the molecule is COC(=O)c1cc2c(C)c(C(=O)OC)cc(OCCCO)c2[nH]1. The maximum absolute atomic E-state index is 11.9. The molecule has 124 valence electrons. The largest absolute Gasteiger partial charge is 0.491 e. The molecule has 1 aromatic heterocycles. The fourth-order valence-corrected chi connectivity index (χ4v) is 2.30. The number of hydrogen-bond acceptors (Lipinski definition) is 6. The molecule has 0 amide bonds. The van der Waals surface area contributed by atoms with Gasteiger partial charge in [-0.3, -0.25) is 0 Å². The summed E-state index contributed by atoms with van der Waals surface area (Å²) in [7, 11) is 2.59. The Kier molecular flexibility index (Phi) is 5.23. The molecule has 2 rings (SSSR count). The van der Waals surface area contributed by atoms with Gasteiger partial charge in [0, 0.05) is 18.4 Å². The zero-order valence-electron chi connectivity index (χ0n) is 13.3. The molecule has 0 aliphatic carbocycles. The first-order valence-corrected chi connectivity index (χ1v) is 7.10. The Hall–Kier alpha value is -2.54. The third-order valence-corrected chi connectivity index (χ3v) is 3.52. The van der Waals surface area contributed by atoms with Gasteiger partial charge >= 0.3 is 11.9 Å². The van der Waals surface area contributed by atoms with Crippen molar-refractivity contribution in [1.29, 1.82) is 0 Å². The molecule has 7 nitrogen and oxygen atoms in total. The van der Waals surface area contributed by atoms with E-state index < -0.39 is 11.9 Å². The van der Waals surface area contributed by atoms with Crippen molar-refractivity contribution in [3.63, 3.8) is 0 Å². The zero-order chi connectivity index (χ0) is 17.0. The predicted octanol–water partition coefficient (Wildman–Crippen LogP) is 1.81. The number of aryl methyl sites for hydroxylation is 1. The van der Waals surface area contributed by atoms with Gasteiger partial charge in [0.25, 0.3) is 0 Å². The molecule has 0 aliphatic heterocycles. The molecule has 0 radical (unpaired) electrons. The van der Waals surface area contributed by atoms with Gasteiger partial charge in [-0.15, -0.1) is 0 Å². The highest BCUT2D eigenvalue weighted by molar-refractivity contribution is 6.03. The summed E-state index contributed by atoms with van der Waals surface area (Å²) in [5, 5.41) is 9.54. The molecule has 0 aliphatic rings. The van der Waals surface area contributed by atoms with Crippen molar-refractivity contribution in [3.8, 4) is 5.75 Å². The van der Waals surface area contributed by atoms with Gasteiger partial charge in [-0.05, 0) is 24.6 Å². The van der Waals surface area contributed by atoms with Crippen LogP contribution in [-0.4, -0.2) is 49.5 Å². The Morgan fingerprint density at radius 1 is 1.17 bits per heavy atom. The van der Waals surface area contributed by atoms with Gasteiger partial charge in [0.15, 0.2) is 0 Å². The highest BCUT2D eigenvalue weighted by Gasteiger charge is 2.20. The molecule has 2 aromatic rings. The number of H-pyrrole nitrogens is 1. The Morgan fingerprint density at radius 2 is 1.87 bits per heavy atom. The number of benzene rings is 1. The van der Waals surface area contributed by atoms with Gasteiger partial charge in [0.05, 0.1) is 31.9 Å². The highest BCUT2D eigenvalue weighted by atomic mass is 16.5. The number of aliphatic hydroxyl groups is 1. The van der Waals surface area contributed by atoms with Gasteiger partial charge in [0.1, 0.15) is 11.4 Å². The molecule has 7 heteroatoms. The van der Waals surface area contributed by atoms with E-state index in [2.05, 4.69) is 4.98 Å². The van der Waals surface area contributed by atoms with E-state index in [9.17, 15) is 9.59 Å². The predicted molar refractivity (Wildman–Crippen MR) is 82.9 cm³/mol. The van der Waals surface area contributed by atoms with Crippen LogP contribution in [0.2, 0.25) is 0 Å². The Bertz CT molecular complexity index is 734. The molecular formula is C16H19NO6. The van der Waals surface area contributed by atoms with Crippen molar-refractivity contribution in [2.24, 2.45) is 0 Å². The van der Waals surface area contributed by atoms with Gasteiger partial charge in [0.2, 0.25) is 0 Å². The molecule has 0 spiro atoms. The molecule has 1 heterocycles. The van der Waals surface area contributed by atoms with Crippen LogP contribution in [-0.2, 0) is 9.47 Å². The average molecular weight is 321 g/mol. The number of ether oxygens (including phenoxy) is 3. The minimum Gasteiger partial charge on any atom is -0.491 e. The summed E-state index contributed by atoms with van der Waals surface area (Å²) in [5.41, 5.74) is 1.88. The number of carbonyl (C=O) groups is 2. The molecular weight excluding hydrogens is 302 g/mol. The van der Waals surface area contributed by atoms with E-state index in [-0.39, 0.29) is 18.9 Å². The molecule has 0 unspecified atom stereocenters. The van der Waals surface area contributed by atoms with Crippen LogP contribution in [0.5, 0.6) is 5.75 Å². The number of carbonyl (C=O) groups excluding carboxylic acids is 2. The summed E-state index contributed by atoms with van der Waals surface area (Å²) in [6.45, 7) is 2.04. The molecule has 0 saturated heterocycles. The van der Waals surface area contributed by atoms with Crippen molar-refractivity contribution in [1.82, 2.24) is 4.98 Å². The van der Waals surface area contributed by atoms with E-state index in [4.69, 9.17) is 19.3 Å². The zero-order valence-corrected chi connectivity index (χ0v) is 13.3. The lowest BCUT2D eigenvalue weighted by Crippen LogP contribution is -2.06. The number of aromatic amines is 1. The number of fused-ring (bicyclic) bond motifs is 1. The summed E-state index contributed by atoms with van der Waals surface area (Å²) in [4.78, 5) is 26.6. The molecule has 23 heavy (non-hydrogen) atoms. The molecule has 0 saturated carbocycles. The Morgan fingerprint density at radius 3 is 2.48 bits per heavy atom. The summed E-state index contributed by atoms with van der Waals surface area (Å²) in [6.07, 6.45) is 0.452. The van der Waals surface area contributed by atoms with Crippen LogP contribution >= 0.6 is 0 Å². The number of rotatable bonds is 6. The van der Waals surface area contributed by atoms with Crippen LogP contribution in [0.25, 0.3) is 10.9 Å². The second kappa shape index (κ2) is 7.15. The first kappa shape index (κ1) is 16.8. The standard InChI is InChI=1S/C16H19NO6/c1-9-10-7-12(16(20)22-3)17-14(10)13(23-6-4-5-18)8-11(9)15(19)21-2/h7-8,17-18H,4-6H2,1-3H3. The minimum atomic E-state index is -0.512. The quantitative estimate of drug-likeness (QED) is 0.622. The monoisotopic (exact) mass is 321 g/mol. The smallest absolute Gasteiger partial charge is 0.354 e. The third kappa shape index (κ3) is 3.29. The lowest BCUT2D eigenvalue weighted by molar-refractivity contribution is 0.0588. The van der Waals surface area contributed by atoms with E-state index >= 15 is 0 Å². The number of nitrogens with one attached hydrogen (secondary N) is 1. The van der Waals surface area contributed by atoms with Crippen LogP contribution in [0.15, 0.2) is 12.1 Å². The lowest BCUT2D eigenvalue weighted by Gasteiger charge is -2.11. The number of esters is 2. The first-order chi connectivity index (χ1) is 11.0. The maximum Gasteiger partial charge on any atom is 0.354 e. The fraction of sp³-hybridized carbons (Fsp3) is 0.375. The Labute approximate surface area is 133 Å². The second-order valence-corrected chi connectivity index (χ2v) is 4.93. The summed E-state index contributed by atoms with van der Waals surface area (Å²) < 4.78 is 15.1.